The molecule has 0 saturated carbocycles. The lowest BCUT2D eigenvalue weighted by molar-refractivity contribution is 0.0696. The van der Waals surface area contributed by atoms with E-state index in [1.165, 1.54) is 12.1 Å². The monoisotopic (exact) mass is 390 g/mol. The average Bonchev–Trinajstić information content (AvgIpc) is 2.68. The number of benzene rings is 2. The van der Waals surface area contributed by atoms with Gasteiger partial charge in [0.15, 0.2) is 0 Å². The van der Waals surface area contributed by atoms with Crippen molar-refractivity contribution >= 4 is 21.7 Å². The van der Waals surface area contributed by atoms with Gasteiger partial charge in [-0.25, -0.2) is 17.9 Å². The van der Waals surface area contributed by atoms with Crippen LogP contribution in [-0.4, -0.2) is 45.8 Å². The summed E-state index contributed by atoms with van der Waals surface area (Å²) in [6.45, 7) is 3.83. The average molecular weight is 390 g/mol. The molecule has 2 aromatic carbocycles. The first kappa shape index (κ1) is 19.3. The van der Waals surface area contributed by atoms with Gasteiger partial charge in [0.05, 0.1) is 24.5 Å². The molecule has 1 fully saturated rings. The van der Waals surface area contributed by atoms with E-state index in [1.807, 2.05) is 35.2 Å². The van der Waals surface area contributed by atoms with Crippen LogP contribution in [0.4, 0.5) is 5.69 Å². The van der Waals surface area contributed by atoms with Crippen LogP contribution < -0.4 is 9.62 Å². The number of nitrogens with zero attached hydrogens (tertiary/aromatic N) is 1. The van der Waals surface area contributed by atoms with Crippen molar-refractivity contribution in [3.05, 3.63) is 59.7 Å². The predicted octanol–water partition coefficient (Wildman–Crippen LogP) is 2.26. The van der Waals surface area contributed by atoms with Crippen molar-refractivity contribution < 1.29 is 23.1 Å². The highest BCUT2D eigenvalue weighted by Crippen LogP contribution is 2.29. The topological polar surface area (TPSA) is 95.9 Å². The maximum atomic E-state index is 13.1. The zero-order valence-corrected chi connectivity index (χ0v) is 15.8. The molecular formula is C19H22N2O5S. The number of sulfonamides is 1. The van der Waals surface area contributed by atoms with Crippen LogP contribution in [0.2, 0.25) is 0 Å². The number of carboxylic acids is 1. The normalized spacial score (nSPS) is 16.1. The molecule has 0 amide bonds. The first-order valence-electron chi connectivity index (χ1n) is 8.66. The summed E-state index contributed by atoms with van der Waals surface area (Å²) in [6.07, 6.45) is 0. The Hall–Kier alpha value is -2.42. The van der Waals surface area contributed by atoms with E-state index in [4.69, 9.17) is 4.74 Å². The molecule has 2 aromatic rings. The van der Waals surface area contributed by atoms with Crippen LogP contribution in [0.1, 0.15) is 28.9 Å². The van der Waals surface area contributed by atoms with Gasteiger partial charge >= 0.3 is 5.97 Å². The summed E-state index contributed by atoms with van der Waals surface area (Å²) in [4.78, 5) is 13.2. The predicted molar refractivity (Wildman–Crippen MR) is 102 cm³/mol. The first-order chi connectivity index (χ1) is 12.9. The fourth-order valence-corrected chi connectivity index (χ4v) is 4.52. The fourth-order valence-electron chi connectivity index (χ4n) is 3.03. The molecular weight excluding hydrogens is 368 g/mol. The standard InChI is InChI=1S/C19H22N2O5S/c1-14(15-5-3-2-4-6-15)20-27(24,25)18-13-16(19(22)23)7-8-17(18)21-9-11-26-12-10-21/h2-8,13-14,20H,9-12H2,1H3,(H,22,23). The van der Waals surface area contributed by atoms with E-state index in [-0.39, 0.29) is 10.5 Å². The number of aromatic carboxylic acids is 1. The number of ether oxygens (including phenoxy) is 1. The van der Waals surface area contributed by atoms with Crippen LogP contribution in [0.25, 0.3) is 0 Å². The van der Waals surface area contributed by atoms with Gasteiger partial charge < -0.3 is 14.7 Å². The molecule has 27 heavy (non-hydrogen) atoms. The third-order valence-corrected chi connectivity index (χ3v) is 6.05. The SMILES string of the molecule is CC(NS(=O)(=O)c1cc(C(=O)O)ccc1N1CCOCC1)c1ccccc1. The number of morpholine rings is 1. The molecule has 0 bridgehead atoms. The second kappa shape index (κ2) is 8.08. The smallest absolute Gasteiger partial charge is 0.335 e. The summed E-state index contributed by atoms with van der Waals surface area (Å²) in [6, 6.07) is 12.9. The van der Waals surface area contributed by atoms with Crippen LogP contribution in [0, 0.1) is 0 Å². The molecule has 1 aliphatic heterocycles. The van der Waals surface area contributed by atoms with E-state index in [2.05, 4.69) is 4.72 Å². The summed E-state index contributed by atoms with van der Waals surface area (Å²) in [5.41, 5.74) is 1.24. The molecule has 1 aliphatic rings. The van der Waals surface area contributed by atoms with E-state index >= 15 is 0 Å². The number of rotatable bonds is 6. The molecule has 0 spiro atoms. The maximum absolute atomic E-state index is 13.1. The summed E-state index contributed by atoms with van der Waals surface area (Å²) in [7, 11) is -3.94. The fraction of sp³-hybridized carbons (Fsp3) is 0.316. The van der Waals surface area contributed by atoms with Gasteiger partial charge in [-0.15, -0.1) is 0 Å². The van der Waals surface area contributed by atoms with Gasteiger partial charge in [-0.3, -0.25) is 0 Å². The van der Waals surface area contributed by atoms with Crippen molar-refractivity contribution in [3.63, 3.8) is 0 Å². The third kappa shape index (κ3) is 4.47. The van der Waals surface area contributed by atoms with E-state index in [1.54, 1.807) is 13.0 Å². The lowest BCUT2D eigenvalue weighted by atomic mass is 10.1. The highest BCUT2D eigenvalue weighted by molar-refractivity contribution is 7.89. The van der Waals surface area contributed by atoms with Crippen LogP contribution >= 0.6 is 0 Å². The van der Waals surface area contributed by atoms with Gasteiger partial charge in [-0.05, 0) is 30.7 Å². The number of carboxylic acid groups (broad SMARTS) is 1. The molecule has 3 rings (SSSR count). The van der Waals surface area contributed by atoms with Crippen molar-refractivity contribution in [3.8, 4) is 0 Å². The van der Waals surface area contributed by atoms with Crippen LogP contribution in [0.5, 0.6) is 0 Å². The Morgan fingerprint density at radius 3 is 2.44 bits per heavy atom. The number of hydrogen-bond acceptors (Lipinski definition) is 5. The number of hydrogen-bond donors (Lipinski definition) is 2. The van der Waals surface area contributed by atoms with E-state index < -0.39 is 22.0 Å². The largest absolute Gasteiger partial charge is 0.478 e. The molecule has 8 heteroatoms. The zero-order chi connectivity index (χ0) is 19.4. The van der Waals surface area contributed by atoms with Crippen molar-refractivity contribution in [2.24, 2.45) is 0 Å². The Morgan fingerprint density at radius 2 is 1.81 bits per heavy atom. The quantitative estimate of drug-likeness (QED) is 0.786. The Labute approximate surface area is 158 Å². The summed E-state index contributed by atoms with van der Waals surface area (Å²) in [5, 5.41) is 9.29. The molecule has 144 valence electrons. The lowest BCUT2D eigenvalue weighted by Gasteiger charge is -2.30. The highest BCUT2D eigenvalue weighted by Gasteiger charge is 2.26. The molecule has 1 atom stereocenters. The maximum Gasteiger partial charge on any atom is 0.335 e. The zero-order valence-electron chi connectivity index (χ0n) is 15.0. The van der Waals surface area contributed by atoms with Gasteiger partial charge in [-0.2, -0.15) is 0 Å². The molecule has 0 aliphatic carbocycles. The summed E-state index contributed by atoms with van der Waals surface area (Å²) >= 11 is 0. The lowest BCUT2D eigenvalue weighted by Crippen LogP contribution is -2.38. The molecule has 2 N–H and O–H groups in total. The van der Waals surface area contributed by atoms with E-state index in [0.29, 0.717) is 32.0 Å². The minimum atomic E-state index is -3.94. The van der Waals surface area contributed by atoms with Gasteiger partial charge in [0.1, 0.15) is 4.90 Å². The minimum Gasteiger partial charge on any atom is -0.478 e. The number of nitrogens with one attached hydrogen (secondary N) is 1. The van der Waals surface area contributed by atoms with Crippen LogP contribution in [0.15, 0.2) is 53.4 Å². The molecule has 0 aromatic heterocycles. The van der Waals surface area contributed by atoms with Gasteiger partial charge in [0.2, 0.25) is 10.0 Å². The van der Waals surface area contributed by atoms with Crippen molar-refractivity contribution in [2.45, 2.75) is 17.9 Å². The second-order valence-corrected chi connectivity index (χ2v) is 8.02. The second-order valence-electron chi connectivity index (χ2n) is 6.34. The molecule has 1 saturated heterocycles. The Balaban J connectivity index is 1.98. The van der Waals surface area contributed by atoms with Crippen LogP contribution in [0.3, 0.4) is 0 Å². The summed E-state index contributed by atoms with van der Waals surface area (Å²) in [5.74, 6) is -1.17. The van der Waals surface area contributed by atoms with Gasteiger partial charge in [-0.1, -0.05) is 30.3 Å². The van der Waals surface area contributed by atoms with Crippen molar-refractivity contribution in [1.82, 2.24) is 4.72 Å². The molecule has 1 heterocycles. The van der Waals surface area contributed by atoms with Crippen molar-refractivity contribution in [1.29, 1.82) is 0 Å². The minimum absolute atomic E-state index is 0.0351. The Bertz CT molecular complexity index is 909. The first-order valence-corrected chi connectivity index (χ1v) is 10.1. The molecule has 0 radical (unpaired) electrons. The Morgan fingerprint density at radius 1 is 1.15 bits per heavy atom. The molecule has 1 unspecified atom stereocenters. The third-order valence-electron chi connectivity index (χ3n) is 4.48. The van der Waals surface area contributed by atoms with Crippen molar-refractivity contribution in [2.75, 3.05) is 31.2 Å². The summed E-state index contributed by atoms with van der Waals surface area (Å²) < 4.78 is 34.2. The number of carbonyl (C=O) groups is 1. The van der Waals surface area contributed by atoms with Gasteiger partial charge in [0.25, 0.3) is 0 Å². The molecule has 7 nitrogen and oxygen atoms in total. The van der Waals surface area contributed by atoms with Gasteiger partial charge in [0, 0.05) is 19.1 Å². The Kier molecular flexibility index (Phi) is 5.79. The highest BCUT2D eigenvalue weighted by atomic mass is 32.2. The van der Waals surface area contributed by atoms with E-state index in [0.717, 1.165) is 5.56 Å². The number of anilines is 1. The van der Waals surface area contributed by atoms with Crippen LogP contribution in [-0.2, 0) is 14.8 Å². The van der Waals surface area contributed by atoms with E-state index in [9.17, 15) is 18.3 Å².